The first-order chi connectivity index (χ1) is 8.31. The molecule has 0 saturated heterocycles. The molecule has 0 aliphatic heterocycles. The number of aromatic amines is 1. The first kappa shape index (κ1) is 11.6. The summed E-state index contributed by atoms with van der Waals surface area (Å²) in [6.45, 7) is 1.13. The molecule has 0 aliphatic carbocycles. The third-order valence-electron chi connectivity index (χ3n) is 2.34. The number of hydrogen-bond acceptors (Lipinski definition) is 3. The van der Waals surface area contributed by atoms with Gasteiger partial charge >= 0.3 is 0 Å². The molecule has 17 heavy (non-hydrogen) atoms. The lowest BCUT2D eigenvalue weighted by molar-refractivity contribution is 0.315. The average molecular weight is 235 g/mol. The van der Waals surface area contributed by atoms with E-state index in [9.17, 15) is 4.39 Å². The number of hydrogen-bond donors (Lipinski definition) is 2. The number of rotatable bonds is 5. The molecule has 1 aromatic heterocycles. The van der Waals surface area contributed by atoms with E-state index in [1.54, 1.807) is 18.3 Å². The molecule has 1 aromatic carbocycles. The highest BCUT2D eigenvalue weighted by Crippen LogP contribution is 2.27. The largest absolute Gasteiger partial charge is 0.490 e. The van der Waals surface area contributed by atoms with Gasteiger partial charge in [0.25, 0.3) is 0 Å². The minimum atomic E-state index is -0.265. The summed E-state index contributed by atoms with van der Waals surface area (Å²) < 4.78 is 18.3. The Hall–Kier alpha value is -1.88. The molecular weight excluding hydrogens is 221 g/mol. The van der Waals surface area contributed by atoms with E-state index in [-0.39, 0.29) is 5.82 Å². The predicted molar refractivity (Wildman–Crippen MR) is 63.1 cm³/mol. The summed E-state index contributed by atoms with van der Waals surface area (Å²) in [7, 11) is 0. The van der Waals surface area contributed by atoms with Crippen LogP contribution >= 0.6 is 0 Å². The Balaban J connectivity index is 2.15. The van der Waals surface area contributed by atoms with Crippen molar-refractivity contribution in [3.8, 4) is 17.0 Å². The van der Waals surface area contributed by atoms with Crippen molar-refractivity contribution in [2.24, 2.45) is 5.73 Å². The molecule has 0 atom stereocenters. The molecule has 0 bridgehead atoms. The Morgan fingerprint density at radius 1 is 1.29 bits per heavy atom. The zero-order chi connectivity index (χ0) is 12.1. The predicted octanol–water partition coefficient (Wildman–Crippen LogP) is 1.94. The molecule has 2 aromatic rings. The molecular formula is C12H14FN3O. The number of nitrogens with one attached hydrogen (secondary N) is 1. The van der Waals surface area contributed by atoms with Crippen LogP contribution in [0.2, 0.25) is 0 Å². The highest BCUT2D eigenvalue weighted by atomic mass is 19.1. The van der Waals surface area contributed by atoms with Gasteiger partial charge < -0.3 is 10.5 Å². The Morgan fingerprint density at radius 3 is 2.76 bits per heavy atom. The van der Waals surface area contributed by atoms with Crippen LogP contribution in [0.5, 0.6) is 5.75 Å². The number of ether oxygens (including phenoxy) is 1. The number of benzene rings is 1. The van der Waals surface area contributed by atoms with Gasteiger partial charge in [0.1, 0.15) is 11.5 Å². The monoisotopic (exact) mass is 235 g/mol. The summed E-state index contributed by atoms with van der Waals surface area (Å²) in [5.74, 6) is 0.393. The lowest BCUT2D eigenvalue weighted by Gasteiger charge is -2.05. The zero-order valence-corrected chi connectivity index (χ0v) is 9.32. The smallest absolute Gasteiger partial charge is 0.164 e. The van der Waals surface area contributed by atoms with E-state index in [2.05, 4.69) is 10.2 Å². The Bertz CT molecular complexity index is 467. The second-order valence-electron chi connectivity index (χ2n) is 3.61. The van der Waals surface area contributed by atoms with Gasteiger partial charge in [-0.15, -0.1) is 0 Å². The fraction of sp³-hybridized carbons (Fsp3) is 0.250. The summed E-state index contributed by atoms with van der Waals surface area (Å²) >= 11 is 0. The molecule has 90 valence electrons. The third kappa shape index (κ3) is 2.82. The normalized spacial score (nSPS) is 10.5. The lowest BCUT2D eigenvalue weighted by Crippen LogP contribution is -2.06. The average Bonchev–Trinajstić information content (AvgIpc) is 2.79. The minimum absolute atomic E-state index is 0.265. The number of nitrogens with zero attached hydrogens (tertiary/aromatic N) is 1. The van der Waals surface area contributed by atoms with Gasteiger partial charge in [0.2, 0.25) is 0 Å². The number of H-pyrrole nitrogens is 1. The second kappa shape index (κ2) is 5.45. The van der Waals surface area contributed by atoms with Crippen molar-refractivity contribution in [1.82, 2.24) is 10.2 Å². The quantitative estimate of drug-likeness (QED) is 0.778. The van der Waals surface area contributed by atoms with Crippen molar-refractivity contribution in [3.05, 3.63) is 36.3 Å². The Labute approximate surface area is 98.6 Å². The van der Waals surface area contributed by atoms with Crippen molar-refractivity contribution in [1.29, 1.82) is 0 Å². The molecule has 0 spiro atoms. The molecule has 2 rings (SSSR count). The molecule has 0 amide bonds. The first-order valence-electron chi connectivity index (χ1n) is 5.43. The lowest BCUT2D eigenvalue weighted by atomic mass is 10.1. The summed E-state index contributed by atoms with van der Waals surface area (Å²) in [6, 6.07) is 6.16. The number of aromatic nitrogens is 2. The highest BCUT2D eigenvalue weighted by Gasteiger charge is 2.08. The molecule has 3 N–H and O–H groups in total. The first-order valence-corrected chi connectivity index (χ1v) is 5.43. The summed E-state index contributed by atoms with van der Waals surface area (Å²) in [5, 5.41) is 6.76. The van der Waals surface area contributed by atoms with Gasteiger partial charge in [-0.3, -0.25) is 5.10 Å². The molecule has 0 saturated carbocycles. The molecule has 0 aliphatic rings. The molecule has 4 nitrogen and oxygen atoms in total. The van der Waals surface area contributed by atoms with Crippen molar-refractivity contribution >= 4 is 0 Å². The maximum Gasteiger partial charge on any atom is 0.164 e. The number of halogens is 1. The maximum atomic E-state index is 12.8. The van der Waals surface area contributed by atoms with Crippen LogP contribution < -0.4 is 10.5 Å². The van der Waals surface area contributed by atoms with Gasteiger partial charge in [-0.25, -0.2) is 4.39 Å². The zero-order valence-electron chi connectivity index (χ0n) is 9.32. The van der Waals surface area contributed by atoms with Gasteiger partial charge in [0, 0.05) is 5.56 Å². The minimum Gasteiger partial charge on any atom is -0.490 e. The van der Waals surface area contributed by atoms with Crippen molar-refractivity contribution in [2.75, 3.05) is 13.2 Å². The van der Waals surface area contributed by atoms with Gasteiger partial charge in [-0.2, -0.15) is 5.10 Å². The molecule has 0 fully saturated rings. The van der Waals surface area contributed by atoms with Gasteiger partial charge in [-0.05, 0) is 37.2 Å². The standard InChI is InChI=1S/C12H14FN3O/c13-10-4-2-9(3-5-10)12-11(8-15-16-12)17-7-1-6-14/h2-5,8H,1,6-7,14H2,(H,15,16). The van der Waals surface area contributed by atoms with Crippen LogP contribution in [0, 0.1) is 5.82 Å². The fourth-order valence-corrected chi connectivity index (χ4v) is 1.47. The van der Waals surface area contributed by atoms with Gasteiger partial charge in [0.15, 0.2) is 5.75 Å². The van der Waals surface area contributed by atoms with Crippen LogP contribution in [0.25, 0.3) is 11.3 Å². The van der Waals surface area contributed by atoms with E-state index >= 15 is 0 Å². The van der Waals surface area contributed by atoms with E-state index in [1.165, 1.54) is 12.1 Å². The van der Waals surface area contributed by atoms with Crippen LogP contribution in [0.4, 0.5) is 4.39 Å². The van der Waals surface area contributed by atoms with E-state index in [0.717, 1.165) is 17.7 Å². The van der Waals surface area contributed by atoms with Crippen LogP contribution in [0.1, 0.15) is 6.42 Å². The maximum absolute atomic E-state index is 12.8. The summed E-state index contributed by atoms with van der Waals surface area (Å²) in [5.41, 5.74) is 6.98. The molecule has 5 heteroatoms. The van der Waals surface area contributed by atoms with Gasteiger partial charge in [-0.1, -0.05) is 0 Å². The molecule has 0 radical (unpaired) electrons. The molecule has 0 unspecified atom stereocenters. The number of nitrogens with two attached hydrogens (primary N) is 1. The third-order valence-corrected chi connectivity index (χ3v) is 2.34. The van der Waals surface area contributed by atoms with Gasteiger partial charge in [0.05, 0.1) is 12.8 Å². The topological polar surface area (TPSA) is 63.9 Å². The van der Waals surface area contributed by atoms with Crippen molar-refractivity contribution in [3.63, 3.8) is 0 Å². The van der Waals surface area contributed by atoms with E-state index in [0.29, 0.717) is 18.9 Å². The van der Waals surface area contributed by atoms with Crippen molar-refractivity contribution in [2.45, 2.75) is 6.42 Å². The van der Waals surface area contributed by atoms with Crippen LogP contribution in [-0.4, -0.2) is 23.3 Å². The van der Waals surface area contributed by atoms with Crippen LogP contribution in [0.15, 0.2) is 30.5 Å². The highest BCUT2D eigenvalue weighted by molar-refractivity contribution is 5.65. The SMILES string of the molecule is NCCCOc1cn[nH]c1-c1ccc(F)cc1. The van der Waals surface area contributed by atoms with Crippen LogP contribution in [0.3, 0.4) is 0 Å². The second-order valence-corrected chi connectivity index (χ2v) is 3.61. The Morgan fingerprint density at radius 2 is 2.06 bits per heavy atom. The van der Waals surface area contributed by atoms with E-state index in [4.69, 9.17) is 10.5 Å². The summed E-state index contributed by atoms with van der Waals surface area (Å²) in [6.07, 6.45) is 2.39. The molecule has 1 heterocycles. The fourth-order valence-electron chi connectivity index (χ4n) is 1.47. The van der Waals surface area contributed by atoms with E-state index < -0.39 is 0 Å². The Kier molecular flexibility index (Phi) is 3.72. The van der Waals surface area contributed by atoms with E-state index in [1.807, 2.05) is 0 Å². The van der Waals surface area contributed by atoms with Crippen molar-refractivity contribution < 1.29 is 9.13 Å². The van der Waals surface area contributed by atoms with Crippen LogP contribution in [-0.2, 0) is 0 Å². The summed E-state index contributed by atoms with van der Waals surface area (Å²) in [4.78, 5) is 0.